The summed E-state index contributed by atoms with van der Waals surface area (Å²) in [5.41, 5.74) is -1.78. The summed E-state index contributed by atoms with van der Waals surface area (Å²) < 4.78 is 0. The zero-order valence-corrected chi connectivity index (χ0v) is 17.2. The van der Waals surface area contributed by atoms with E-state index in [4.69, 9.17) is 23.2 Å². The van der Waals surface area contributed by atoms with Crippen molar-refractivity contribution in [2.75, 3.05) is 6.61 Å². The molecule has 4 aliphatic carbocycles. The summed E-state index contributed by atoms with van der Waals surface area (Å²) in [5.74, 6) is -0.489. The predicted molar refractivity (Wildman–Crippen MR) is 104 cm³/mol. The van der Waals surface area contributed by atoms with Crippen LogP contribution >= 0.6 is 23.2 Å². The van der Waals surface area contributed by atoms with E-state index in [1.165, 1.54) is 0 Å². The molecular formula is C21H26Cl2O4. The number of fused-ring (bicyclic) bond motifs is 5. The fourth-order valence-electron chi connectivity index (χ4n) is 6.74. The summed E-state index contributed by atoms with van der Waals surface area (Å²) in [6.07, 6.45) is 8.11. The van der Waals surface area contributed by atoms with Crippen LogP contribution in [0.25, 0.3) is 0 Å². The normalized spacial score (nSPS) is 51.3. The van der Waals surface area contributed by atoms with Gasteiger partial charge in [0.15, 0.2) is 11.6 Å². The van der Waals surface area contributed by atoms with E-state index in [1.807, 2.05) is 13.0 Å². The number of aliphatic hydroxyl groups excluding tert-OH is 1. The molecule has 27 heavy (non-hydrogen) atoms. The molecule has 148 valence electrons. The summed E-state index contributed by atoms with van der Waals surface area (Å²) in [7, 11) is 0. The van der Waals surface area contributed by atoms with Crippen molar-refractivity contribution in [3.05, 3.63) is 23.8 Å². The third-order valence-corrected chi connectivity index (χ3v) is 9.90. The second-order valence-corrected chi connectivity index (χ2v) is 10.3. The molecule has 4 rings (SSSR count). The largest absolute Gasteiger partial charge is 0.388 e. The molecule has 0 saturated heterocycles. The van der Waals surface area contributed by atoms with Crippen LogP contribution in [0.1, 0.15) is 46.0 Å². The van der Waals surface area contributed by atoms with Gasteiger partial charge in [-0.3, -0.25) is 9.59 Å². The summed E-state index contributed by atoms with van der Waals surface area (Å²) in [4.78, 5) is 23.6. The van der Waals surface area contributed by atoms with Gasteiger partial charge < -0.3 is 10.2 Å². The van der Waals surface area contributed by atoms with Crippen molar-refractivity contribution < 1.29 is 19.8 Å². The molecule has 0 aromatic heterocycles. The topological polar surface area (TPSA) is 74.6 Å². The molecule has 4 aliphatic rings. The second-order valence-electron chi connectivity index (χ2n) is 9.20. The van der Waals surface area contributed by atoms with E-state index in [0.717, 1.165) is 18.4 Å². The molecule has 0 amide bonds. The lowest BCUT2D eigenvalue weighted by Gasteiger charge is -2.63. The van der Waals surface area contributed by atoms with E-state index >= 15 is 0 Å². The number of alkyl halides is 2. The van der Waals surface area contributed by atoms with E-state index in [2.05, 4.69) is 6.92 Å². The summed E-state index contributed by atoms with van der Waals surface area (Å²) >= 11 is 14.3. The first-order chi connectivity index (χ1) is 12.5. The number of allylic oxidation sites excluding steroid dienone is 4. The van der Waals surface area contributed by atoms with Crippen molar-refractivity contribution in [3.63, 3.8) is 0 Å². The number of rotatable bonds is 2. The standard InChI is InChI=1S/C21H26Cl2O4/c1-18-7-5-13(25)9-12(18)3-4-15-14-6-8-20(27,17(26)11-24)19(14,2)10-16(22)21(15,18)23/h5,7,9,14-16,24,27H,3-4,6,8,10-11H2,1-2H3/t14-,15-,16-,18+,19+,20-,21-/m1/s1. The molecular weight excluding hydrogens is 387 g/mol. The predicted octanol–water partition coefficient (Wildman–Crippen LogP) is 3.17. The third kappa shape index (κ3) is 2.19. The molecule has 7 atom stereocenters. The Labute approximate surface area is 169 Å². The fraction of sp³-hybridized carbons (Fsp3) is 0.714. The monoisotopic (exact) mass is 412 g/mol. The molecule has 2 N–H and O–H groups in total. The highest BCUT2D eigenvalue weighted by molar-refractivity contribution is 6.34. The Kier molecular flexibility index (Phi) is 4.30. The molecule has 0 heterocycles. The first-order valence-corrected chi connectivity index (χ1v) is 10.5. The Balaban J connectivity index is 1.81. The molecule has 3 saturated carbocycles. The second kappa shape index (κ2) is 5.91. The van der Waals surface area contributed by atoms with Crippen molar-refractivity contribution in [2.24, 2.45) is 22.7 Å². The van der Waals surface area contributed by atoms with Crippen molar-refractivity contribution in [1.82, 2.24) is 0 Å². The minimum atomic E-state index is -1.56. The van der Waals surface area contributed by atoms with Crippen LogP contribution in [0.4, 0.5) is 0 Å². The minimum Gasteiger partial charge on any atom is -0.388 e. The first kappa shape index (κ1) is 19.6. The Morgan fingerprint density at radius 1 is 1.30 bits per heavy atom. The number of halogens is 2. The fourth-order valence-corrected chi connectivity index (χ4v) is 7.97. The van der Waals surface area contributed by atoms with Gasteiger partial charge in [0.1, 0.15) is 12.2 Å². The molecule has 4 nitrogen and oxygen atoms in total. The van der Waals surface area contributed by atoms with Crippen molar-refractivity contribution in [3.8, 4) is 0 Å². The van der Waals surface area contributed by atoms with Gasteiger partial charge >= 0.3 is 0 Å². The van der Waals surface area contributed by atoms with Crippen LogP contribution in [0.2, 0.25) is 0 Å². The van der Waals surface area contributed by atoms with Crippen LogP contribution in [0, 0.1) is 22.7 Å². The van der Waals surface area contributed by atoms with Crippen molar-refractivity contribution in [1.29, 1.82) is 0 Å². The maximum absolute atomic E-state index is 12.4. The number of carbonyl (C=O) groups excluding carboxylic acids is 2. The lowest BCUT2D eigenvalue weighted by atomic mass is 9.46. The smallest absolute Gasteiger partial charge is 0.190 e. The summed E-state index contributed by atoms with van der Waals surface area (Å²) in [6.45, 7) is 3.31. The van der Waals surface area contributed by atoms with E-state index in [-0.39, 0.29) is 17.6 Å². The number of hydrogen-bond acceptors (Lipinski definition) is 4. The molecule has 0 spiro atoms. The Hall–Kier alpha value is -0.680. The summed E-state index contributed by atoms with van der Waals surface area (Å²) in [6, 6.07) is 0. The van der Waals surface area contributed by atoms with E-state index in [1.54, 1.807) is 12.2 Å². The quantitative estimate of drug-likeness (QED) is 0.682. The molecule has 0 radical (unpaired) electrons. The van der Waals surface area contributed by atoms with Gasteiger partial charge in [0.05, 0.1) is 10.3 Å². The van der Waals surface area contributed by atoms with Gasteiger partial charge in [-0.25, -0.2) is 0 Å². The highest BCUT2D eigenvalue weighted by atomic mass is 35.5. The zero-order valence-electron chi connectivity index (χ0n) is 15.7. The van der Waals surface area contributed by atoms with E-state index in [0.29, 0.717) is 19.3 Å². The SMILES string of the molecule is C[C@]12C=CC(=O)C=C1CC[C@@H]1[C@H]3CC[C@@](O)(C(=O)CO)[C@@]3(C)C[C@@H](Cl)[C@]12Cl. The first-order valence-electron chi connectivity index (χ1n) is 9.68. The Bertz CT molecular complexity index is 776. The van der Waals surface area contributed by atoms with Crippen LogP contribution in [0.5, 0.6) is 0 Å². The van der Waals surface area contributed by atoms with Crippen LogP contribution in [0.15, 0.2) is 23.8 Å². The molecule has 3 fully saturated rings. The van der Waals surface area contributed by atoms with Gasteiger partial charge in [0, 0.05) is 10.8 Å². The average molecular weight is 413 g/mol. The van der Waals surface area contributed by atoms with Gasteiger partial charge in [-0.15, -0.1) is 23.2 Å². The van der Waals surface area contributed by atoms with E-state index < -0.39 is 39.1 Å². The van der Waals surface area contributed by atoms with Crippen LogP contribution in [-0.2, 0) is 9.59 Å². The number of Topliss-reactive ketones (excluding diaryl/α,β-unsaturated/α-hetero) is 1. The maximum Gasteiger partial charge on any atom is 0.190 e. The van der Waals surface area contributed by atoms with Crippen LogP contribution in [-0.4, -0.2) is 44.2 Å². The van der Waals surface area contributed by atoms with Crippen molar-refractivity contribution in [2.45, 2.75) is 61.8 Å². The molecule has 0 aromatic carbocycles. The lowest BCUT2D eigenvalue weighted by molar-refractivity contribution is -0.161. The Morgan fingerprint density at radius 2 is 2.00 bits per heavy atom. The summed E-state index contributed by atoms with van der Waals surface area (Å²) in [5, 5.41) is 20.2. The van der Waals surface area contributed by atoms with Gasteiger partial charge in [-0.05, 0) is 56.1 Å². The highest BCUT2D eigenvalue weighted by Crippen LogP contribution is 2.71. The van der Waals surface area contributed by atoms with Crippen LogP contribution in [0.3, 0.4) is 0 Å². The molecule has 0 bridgehead atoms. The Morgan fingerprint density at radius 3 is 2.67 bits per heavy atom. The molecule has 0 aromatic rings. The highest BCUT2D eigenvalue weighted by Gasteiger charge is 2.72. The number of ketones is 2. The van der Waals surface area contributed by atoms with Gasteiger partial charge in [-0.1, -0.05) is 25.5 Å². The molecule has 0 aliphatic heterocycles. The van der Waals surface area contributed by atoms with Gasteiger partial charge in [-0.2, -0.15) is 0 Å². The zero-order chi connectivity index (χ0) is 19.8. The average Bonchev–Trinajstić information content (AvgIpc) is 2.88. The number of carbonyl (C=O) groups is 2. The minimum absolute atomic E-state index is 0.0148. The van der Waals surface area contributed by atoms with Crippen LogP contribution < -0.4 is 0 Å². The van der Waals surface area contributed by atoms with Gasteiger partial charge in [0.25, 0.3) is 0 Å². The third-order valence-electron chi connectivity index (χ3n) is 8.35. The molecule has 6 heteroatoms. The maximum atomic E-state index is 12.4. The molecule has 0 unspecified atom stereocenters. The van der Waals surface area contributed by atoms with E-state index in [9.17, 15) is 19.8 Å². The van der Waals surface area contributed by atoms with Gasteiger partial charge in [0.2, 0.25) is 0 Å². The lowest BCUT2D eigenvalue weighted by Crippen LogP contribution is -2.67. The number of aliphatic hydroxyl groups is 2. The van der Waals surface area contributed by atoms with Crippen molar-refractivity contribution >= 4 is 34.8 Å². The number of hydrogen-bond donors (Lipinski definition) is 2.